The summed E-state index contributed by atoms with van der Waals surface area (Å²) in [5.74, 6) is 0.931. The highest BCUT2D eigenvalue weighted by molar-refractivity contribution is 5.94. The van der Waals surface area contributed by atoms with E-state index < -0.39 is 0 Å². The van der Waals surface area contributed by atoms with Crippen LogP contribution in [0.25, 0.3) is 44.6 Å². The second-order valence-electron chi connectivity index (χ2n) is 6.98. The van der Waals surface area contributed by atoms with Crippen LogP contribution >= 0.6 is 0 Å². The minimum Gasteiger partial charge on any atom is -0.392 e. The molecule has 0 unspecified atom stereocenters. The SMILES string of the molecule is Nc1nccc(-c2ccc3noc(-c4cccc(-c5ccc(CO)cc5)c4)c3c2)n1. The summed E-state index contributed by atoms with van der Waals surface area (Å²) in [4.78, 5) is 8.26. The van der Waals surface area contributed by atoms with Gasteiger partial charge in [0.25, 0.3) is 0 Å². The fourth-order valence-corrected chi connectivity index (χ4v) is 3.49. The van der Waals surface area contributed by atoms with Crippen molar-refractivity contribution in [3.63, 3.8) is 0 Å². The fraction of sp³-hybridized carbons (Fsp3) is 0.0417. The van der Waals surface area contributed by atoms with Crippen LogP contribution in [0.1, 0.15) is 5.56 Å². The van der Waals surface area contributed by atoms with Gasteiger partial charge in [0.2, 0.25) is 5.95 Å². The zero-order valence-corrected chi connectivity index (χ0v) is 16.0. The predicted octanol–water partition coefficient (Wildman–Crippen LogP) is 4.69. The van der Waals surface area contributed by atoms with Gasteiger partial charge in [-0.15, -0.1) is 0 Å². The summed E-state index contributed by atoms with van der Waals surface area (Å²) in [6, 6.07) is 23.6. The molecule has 3 N–H and O–H groups in total. The van der Waals surface area contributed by atoms with Gasteiger partial charge in [0.15, 0.2) is 5.76 Å². The lowest BCUT2D eigenvalue weighted by atomic mass is 9.99. The average Bonchev–Trinajstić information content (AvgIpc) is 3.22. The van der Waals surface area contributed by atoms with Gasteiger partial charge in [-0.25, -0.2) is 9.97 Å². The van der Waals surface area contributed by atoms with Crippen LogP contribution < -0.4 is 5.73 Å². The van der Waals surface area contributed by atoms with Gasteiger partial charge in [0.05, 0.1) is 17.7 Å². The number of aliphatic hydroxyl groups excluding tert-OH is 1. The second kappa shape index (κ2) is 7.42. The zero-order chi connectivity index (χ0) is 20.5. The maximum absolute atomic E-state index is 9.25. The number of aliphatic hydroxyl groups is 1. The van der Waals surface area contributed by atoms with Crippen LogP contribution in [0.4, 0.5) is 5.95 Å². The van der Waals surface area contributed by atoms with Crippen molar-refractivity contribution >= 4 is 16.9 Å². The molecule has 0 saturated heterocycles. The van der Waals surface area contributed by atoms with E-state index in [0.717, 1.165) is 44.4 Å². The number of rotatable bonds is 4. The Morgan fingerprint density at radius 2 is 1.63 bits per heavy atom. The largest absolute Gasteiger partial charge is 0.392 e. The van der Waals surface area contributed by atoms with Crippen LogP contribution in [-0.4, -0.2) is 20.2 Å². The molecular weight excluding hydrogens is 376 g/mol. The van der Waals surface area contributed by atoms with Crippen molar-refractivity contribution in [1.29, 1.82) is 0 Å². The minimum absolute atomic E-state index is 0.0324. The molecule has 6 nitrogen and oxygen atoms in total. The van der Waals surface area contributed by atoms with Crippen molar-refractivity contribution in [2.75, 3.05) is 5.73 Å². The second-order valence-corrected chi connectivity index (χ2v) is 6.98. The standard InChI is InChI=1S/C24H18N4O2/c25-24-26-11-10-21(27-24)18-8-9-22-20(13-18)23(30-28-22)19-3-1-2-17(12-19)16-6-4-15(14-29)5-7-16/h1-13,29H,14H2,(H2,25,26,27). The monoisotopic (exact) mass is 394 g/mol. The Kier molecular flexibility index (Phi) is 4.46. The van der Waals surface area contributed by atoms with Crippen molar-refractivity contribution in [1.82, 2.24) is 15.1 Å². The van der Waals surface area contributed by atoms with E-state index in [2.05, 4.69) is 21.2 Å². The lowest BCUT2D eigenvalue weighted by Crippen LogP contribution is -1.95. The Morgan fingerprint density at radius 1 is 0.833 bits per heavy atom. The summed E-state index contributed by atoms with van der Waals surface area (Å²) in [5.41, 5.74) is 12.1. The lowest BCUT2D eigenvalue weighted by Gasteiger charge is -2.06. The molecule has 0 spiro atoms. The average molecular weight is 394 g/mol. The van der Waals surface area contributed by atoms with Crippen molar-refractivity contribution in [3.05, 3.63) is 84.6 Å². The van der Waals surface area contributed by atoms with E-state index in [9.17, 15) is 5.11 Å². The Bertz CT molecular complexity index is 1340. The molecule has 5 rings (SSSR count). The van der Waals surface area contributed by atoms with Crippen LogP contribution in [0.15, 0.2) is 83.5 Å². The van der Waals surface area contributed by atoms with Gasteiger partial charge in [-0.1, -0.05) is 53.7 Å². The Labute approximate surface area is 172 Å². The first-order valence-electron chi connectivity index (χ1n) is 9.50. The number of nitrogen functional groups attached to an aromatic ring is 1. The van der Waals surface area contributed by atoms with E-state index in [4.69, 9.17) is 10.3 Å². The highest BCUT2D eigenvalue weighted by Gasteiger charge is 2.13. The normalized spacial score (nSPS) is 11.1. The number of aromatic nitrogens is 3. The van der Waals surface area contributed by atoms with E-state index >= 15 is 0 Å². The Balaban J connectivity index is 1.58. The van der Waals surface area contributed by atoms with E-state index in [-0.39, 0.29) is 12.6 Å². The topological polar surface area (TPSA) is 98.1 Å². The van der Waals surface area contributed by atoms with E-state index in [1.165, 1.54) is 0 Å². The molecular formula is C24H18N4O2. The van der Waals surface area contributed by atoms with Gasteiger partial charge >= 0.3 is 0 Å². The molecule has 0 aliphatic rings. The number of hydrogen-bond acceptors (Lipinski definition) is 6. The first-order valence-corrected chi connectivity index (χ1v) is 9.50. The molecule has 0 atom stereocenters. The molecule has 2 heterocycles. The molecule has 146 valence electrons. The third-order valence-electron chi connectivity index (χ3n) is 5.04. The van der Waals surface area contributed by atoms with E-state index in [0.29, 0.717) is 5.76 Å². The molecule has 5 aromatic rings. The Morgan fingerprint density at radius 3 is 2.43 bits per heavy atom. The number of anilines is 1. The molecule has 6 heteroatoms. The van der Waals surface area contributed by atoms with Crippen LogP contribution in [0.5, 0.6) is 0 Å². The molecule has 0 amide bonds. The maximum atomic E-state index is 9.25. The number of hydrogen-bond donors (Lipinski definition) is 2. The van der Waals surface area contributed by atoms with Crippen molar-refractivity contribution in [2.45, 2.75) is 6.61 Å². The smallest absolute Gasteiger partial charge is 0.220 e. The third-order valence-corrected chi connectivity index (χ3v) is 5.04. The van der Waals surface area contributed by atoms with Gasteiger partial charge in [-0.05, 0) is 41.0 Å². The first kappa shape index (κ1) is 18.0. The van der Waals surface area contributed by atoms with Crippen molar-refractivity contribution < 1.29 is 9.63 Å². The summed E-state index contributed by atoms with van der Waals surface area (Å²) in [5, 5.41) is 14.4. The number of nitrogens with zero attached hydrogens (tertiary/aromatic N) is 3. The predicted molar refractivity (Wildman–Crippen MR) is 116 cm³/mol. The quantitative estimate of drug-likeness (QED) is 0.459. The molecule has 30 heavy (non-hydrogen) atoms. The highest BCUT2D eigenvalue weighted by Crippen LogP contribution is 2.33. The molecule has 2 aromatic heterocycles. The summed E-state index contributed by atoms with van der Waals surface area (Å²) in [7, 11) is 0. The molecule has 3 aromatic carbocycles. The molecule has 0 saturated carbocycles. The number of fused-ring (bicyclic) bond motifs is 1. The molecule has 0 radical (unpaired) electrons. The number of nitrogens with two attached hydrogens (primary N) is 1. The molecule has 0 aliphatic carbocycles. The summed E-state index contributed by atoms with van der Waals surface area (Å²) < 4.78 is 5.70. The van der Waals surface area contributed by atoms with Crippen LogP contribution in [0.3, 0.4) is 0 Å². The third kappa shape index (κ3) is 3.29. The van der Waals surface area contributed by atoms with Gasteiger partial charge in [-0.2, -0.15) is 0 Å². The van der Waals surface area contributed by atoms with Crippen LogP contribution in [0, 0.1) is 0 Å². The van der Waals surface area contributed by atoms with E-state index in [1.807, 2.05) is 66.7 Å². The Hall–Kier alpha value is -4.03. The summed E-state index contributed by atoms with van der Waals surface area (Å²) in [6.45, 7) is 0.0324. The first-order chi connectivity index (χ1) is 14.7. The molecule has 0 aliphatic heterocycles. The van der Waals surface area contributed by atoms with E-state index in [1.54, 1.807) is 6.20 Å². The number of benzene rings is 3. The van der Waals surface area contributed by atoms with Gasteiger partial charge < -0.3 is 15.4 Å². The minimum atomic E-state index is 0.0324. The van der Waals surface area contributed by atoms with Crippen LogP contribution in [0.2, 0.25) is 0 Å². The van der Waals surface area contributed by atoms with Crippen molar-refractivity contribution in [3.8, 4) is 33.7 Å². The van der Waals surface area contributed by atoms with Crippen LogP contribution in [-0.2, 0) is 6.61 Å². The fourth-order valence-electron chi connectivity index (χ4n) is 3.49. The molecule has 0 bridgehead atoms. The van der Waals surface area contributed by atoms with Crippen molar-refractivity contribution in [2.24, 2.45) is 0 Å². The zero-order valence-electron chi connectivity index (χ0n) is 16.0. The molecule has 0 fully saturated rings. The van der Waals surface area contributed by atoms with Gasteiger partial charge in [0, 0.05) is 17.3 Å². The summed E-state index contributed by atoms with van der Waals surface area (Å²) in [6.07, 6.45) is 1.64. The maximum Gasteiger partial charge on any atom is 0.220 e. The van der Waals surface area contributed by atoms with Gasteiger partial charge in [0.1, 0.15) is 5.52 Å². The highest BCUT2D eigenvalue weighted by atomic mass is 16.5. The summed E-state index contributed by atoms with van der Waals surface area (Å²) >= 11 is 0. The van der Waals surface area contributed by atoms with Gasteiger partial charge in [-0.3, -0.25) is 0 Å². The lowest BCUT2D eigenvalue weighted by molar-refractivity contribution is 0.282.